The van der Waals surface area contributed by atoms with Crippen LogP contribution in [0, 0.1) is 0 Å². The van der Waals surface area contributed by atoms with Gasteiger partial charge >= 0.3 is 0 Å². The van der Waals surface area contributed by atoms with E-state index in [9.17, 15) is 0 Å². The van der Waals surface area contributed by atoms with Crippen LogP contribution in [-0.2, 0) is 0 Å². The summed E-state index contributed by atoms with van der Waals surface area (Å²) in [6.07, 6.45) is 2.64. The first kappa shape index (κ1) is 13.5. The Morgan fingerprint density at radius 3 is 1.09 bits per heavy atom. The van der Waals surface area contributed by atoms with E-state index in [0.29, 0.717) is 5.54 Å². The van der Waals surface area contributed by atoms with E-state index in [0.717, 1.165) is 0 Å². The molecule has 0 rings (SSSR count). The zero-order valence-corrected chi connectivity index (χ0v) is 9.36. The van der Waals surface area contributed by atoms with Crippen molar-refractivity contribution < 1.29 is 0 Å². The normalized spacial score (nSPS) is 10.9. The van der Waals surface area contributed by atoms with E-state index >= 15 is 0 Å². The maximum atomic E-state index is 2.19. The van der Waals surface area contributed by atoms with Crippen LogP contribution in [0.25, 0.3) is 0 Å². The highest BCUT2D eigenvalue weighted by Crippen LogP contribution is 2.05. The number of unbranched alkanes of at least 4 members (excludes halogenated alkanes) is 1. The van der Waals surface area contributed by atoms with Gasteiger partial charge in [0.25, 0.3) is 0 Å². The summed E-state index contributed by atoms with van der Waals surface area (Å²) in [5.74, 6) is 0. The van der Waals surface area contributed by atoms with Gasteiger partial charge in [-0.25, -0.2) is 0 Å². The third kappa shape index (κ3) is 13.0. The first-order valence-electron chi connectivity index (χ1n) is 4.53. The van der Waals surface area contributed by atoms with Crippen LogP contribution in [0.1, 0.15) is 47.5 Å². The maximum absolute atomic E-state index is 2.19. The number of hydrogen-bond acceptors (Lipinski definition) is 1. The van der Waals surface area contributed by atoms with Crippen LogP contribution in [0.3, 0.4) is 0 Å². The highest BCUT2D eigenvalue weighted by molar-refractivity contribution is 4.68. The predicted octanol–water partition coefficient (Wildman–Crippen LogP) is 3.15. The van der Waals surface area contributed by atoms with Crippen molar-refractivity contribution in [2.24, 2.45) is 0 Å². The Morgan fingerprint density at radius 2 is 1.09 bits per heavy atom. The molecule has 0 amide bonds. The lowest BCUT2D eigenvalue weighted by Gasteiger charge is -2.27. The topological polar surface area (TPSA) is 3.24 Å². The van der Waals surface area contributed by atoms with Crippen LogP contribution >= 0.6 is 0 Å². The van der Waals surface area contributed by atoms with Gasteiger partial charge in [-0.1, -0.05) is 26.7 Å². The molecule has 0 aliphatic carbocycles. The molecule has 0 aromatic rings. The minimum atomic E-state index is 0.333. The summed E-state index contributed by atoms with van der Waals surface area (Å²) in [6.45, 7) is 10.9. The maximum Gasteiger partial charge on any atom is 0.0118 e. The quantitative estimate of drug-likeness (QED) is 0.568. The number of rotatable bonds is 1. The molecular weight excluding hydrogens is 134 g/mol. The van der Waals surface area contributed by atoms with Crippen molar-refractivity contribution in [2.45, 2.75) is 53.0 Å². The molecule has 0 aromatic heterocycles. The molecule has 11 heavy (non-hydrogen) atoms. The minimum Gasteiger partial charge on any atom is -0.305 e. The summed E-state index contributed by atoms with van der Waals surface area (Å²) in [7, 11) is 4.17. The summed E-state index contributed by atoms with van der Waals surface area (Å²) < 4.78 is 0. The zero-order chi connectivity index (χ0) is 9.49. The summed E-state index contributed by atoms with van der Waals surface area (Å²) in [5, 5.41) is 0. The first-order chi connectivity index (χ1) is 4.86. The Morgan fingerprint density at radius 1 is 0.909 bits per heavy atom. The van der Waals surface area contributed by atoms with E-state index in [1.165, 1.54) is 12.8 Å². The molecule has 0 unspecified atom stereocenters. The molecule has 0 saturated heterocycles. The third-order valence-corrected chi connectivity index (χ3v) is 1.84. The summed E-state index contributed by atoms with van der Waals surface area (Å²) in [4.78, 5) is 2.19. The molecule has 0 N–H and O–H groups in total. The smallest absolute Gasteiger partial charge is 0.0118 e. The van der Waals surface area contributed by atoms with E-state index < -0.39 is 0 Å². The van der Waals surface area contributed by atoms with E-state index in [-0.39, 0.29) is 0 Å². The van der Waals surface area contributed by atoms with Crippen LogP contribution in [0.2, 0.25) is 0 Å². The third-order valence-electron chi connectivity index (χ3n) is 1.84. The van der Waals surface area contributed by atoms with Crippen LogP contribution in [0.15, 0.2) is 0 Å². The largest absolute Gasteiger partial charge is 0.305 e. The van der Waals surface area contributed by atoms with Crippen molar-refractivity contribution >= 4 is 0 Å². The molecule has 1 nitrogen and oxygen atoms in total. The van der Waals surface area contributed by atoms with Crippen LogP contribution in [0.5, 0.6) is 0 Å². The van der Waals surface area contributed by atoms with Crippen LogP contribution in [0.4, 0.5) is 0 Å². The van der Waals surface area contributed by atoms with E-state index in [1.807, 2.05) is 0 Å². The Kier molecular flexibility index (Phi) is 8.20. The summed E-state index contributed by atoms with van der Waals surface area (Å²) in [5.41, 5.74) is 0.333. The molecule has 0 aromatic carbocycles. The molecule has 1 heteroatoms. The minimum absolute atomic E-state index is 0.333. The average Bonchev–Trinajstić information content (AvgIpc) is 1.87. The zero-order valence-electron chi connectivity index (χ0n) is 9.36. The molecule has 0 aliphatic rings. The molecular formula is C10H25N. The van der Waals surface area contributed by atoms with Crippen molar-refractivity contribution in [3.05, 3.63) is 0 Å². The van der Waals surface area contributed by atoms with Gasteiger partial charge in [-0.05, 0) is 34.9 Å². The fourth-order valence-corrected chi connectivity index (χ4v) is 0. The van der Waals surface area contributed by atoms with E-state index in [1.54, 1.807) is 0 Å². The molecule has 0 aliphatic heterocycles. The fourth-order valence-electron chi connectivity index (χ4n) is 0. The number of hydrogen-bond donors (Lipinski definition) is 0. The lowest BCUT2D eigenvalue weighted by molar-refractivity contribution is 0.219. The van der Waals surface area contributed by atoms with Crippen LogP contribution < -0.4 is 0 Å². The van der Waals surface area contributed by atoms with Gasteiger partial charge in [-0.2, -0.15) is 0 Å². The first-order valence-corrected chi connectivity index (χ1v) is 4.53. The van der Waals surface area contributed by atoms with Crippen molar-refractivity contribution in [1.82, 2.24) is 4.90 Å². The molecule has 0 radical (unpaired) electrons. The Labute approximate surface area is 72.8 Å². The fraction of sp³-hybridized carbons (Fsp3) is 1.00. The molecule has 0 fully saturated rings. The SMILES string of the molecule is CCCC.CN(C)C(C)(C)C. The Bertz CT molecular complexity index is 67.4. The predicted molar refractivity (Wildman–Crippen MR) is 54.0 cm³/mol. The standard InChI is InChI=1S/C6H15N.C4H10/c1-6(2,3)7(4)5;1-3-4-2/h1-5H3;3-4H2,1-2H3. The average molecular weight is 159 g/mol. The molecule has 0 bridgehead atoms. The highest BCUT2D eigenvalue weighted by Gasteiger charge is 2.10. The van der Waals surface area contributed by atoms with Crippen molar-refractivity contribution in [3.63, 3.8) is 0 Å². The Balaban J connectivity index is 0. The second-order valence-electron chi connectivity index (χ2n) is 4.07. The van der Waals surface area contributed by atoms with Gasteiger partial charge in [0.2, 0.25) is 0 Å². The highest BCUT2D eigenvalue weighted by atomic mass is 15.1. The molecule has 0 heterocycles. The lowest BCUT2D eigenvalue weighted by Crippen LogP contribution is -2.34. The second kappa shape index (κ2) is 6.66. The van der Waals surface area contributed by atoms with Gasteiger partial charge < -0.3 is 4.90 Å². The lowest BCUT2D eigenvalue weighted by atomic mass is 10.1. The van der Waals surface area contributed by atoms with Crippen molar-refractivity contribution in [2.75, 3.05) is 14.1 Å². The summed E-state index contributed by atoms with van der Waals surface area (Å²) in [6, 6.07) is 0. The Hall–Kier alpha value is -0.0400. The number of nitrogens with zero attached hydrogens (tertiary/aromatic N) is 1. The molecule has 0 atom stereocenters. The van der Waals surface area contributed by atoms with E-state index in [4.69, 9.17) is 0 Å². The molecule has 0 spiro atoms. The van der Waals surface area contributed by atoms with Crippen molar-refractivity contribution in [1.29, 1.82) is 0 Å². The van der Waals surface area contributed by atoms with E-state index in [2.05, 4.69) is 53.6 Å². The summed E-state index contributed by atoms with van der Waals surface area (Å²) >= 11 is 0. The van der Waals surface area contributed by atoms with Gasteiger partial charge in [-0.15, -0.1) is 0 Å². The van der Waals surface area contributed by atoms with Gasteiger partial charge in [0.1, 0.15) is 0 Å². The monoisotopic (exact) mass is 159 g/mol. The van der Waals surface area contributed by atoms with Crippen LogP contribution in [-0.4, -0.2) is 24.5 Å². The van der Waals surface area contributed by atoms with Crippen molar-refractivity contribution in [3.8, 4) is 0 Å². The second-order valence-corrected chi connectivity index (χ2v) is 4.07. The van der Waals surface area contributed by atoms with Gasteiger partial charge in [-0.3, -0.25) is 0 Å². The molecule has 70 valence electrons. The van der Waals surface area contributed by atoms with Gasteiger partial charge in [0.15, 0.2) is 0 Å². The van der Waals surface area contributed by atoms with Gasteiger partial charge in [0.05, 0.1) is 0 Å². The molecule has 0 saturated carbocycles. The van der Waals surface area contributed by atoms with Gasteiger partial charge in [0, 0.05) is 5.54 Å².